The zero-order valence-corrected chi connectivity index (χ0v) is 12.8. The van der Waals surface area contributed by atoms with Crippen molar-refractivity contribution in [3.8, 4) is 0 Å². The number of aryl methyl sites for hydroxylation is 1. The van der Waals surface area contributed by atoms with Crippen LogP contribution in [0.4, 0.5) is 0 Å². The molecule has 1 saturated carbocycles. The van der Waals surface area contributed by atoms with Gasteiger partial charge in [0.25, 0.3) is 0 Å². The lowest BCUT2D eigenvalue weighted by molar-refractivity contribution is 0.543. The molecule has 1 unspecified atom stereocenters. The topological polar surface area (TPSA) is 58.2 Å². The second-order valence-corrected chi connectivity index (χ2v) is 7.46. The molecular formula is C15H24N2O2S. The second-order valence-electron chi connectivity index (χ2n) is 5.59. The minimum absolute atomic E-state index is 0.0267. The third-order valence-corrected chi connectivity index (χ3v) is 4.97. The van der Waals surface area contributed by atoms with Crippen LogP contribution in [0.1, 0.15) is 31.7 Å². The highest BCUT2D eigenvalue weighted by atomic mass is 32.2. The van der Waals surface area contributed by atoms with Crippen molar-refractivity contribution >= 4 is 10.0 Å². The maximum atomic E-state index is 11.9. The van der Waals surface area contributed by atoms with E-state index in [1.807, 2.05) is 25.1 Å². The van der Waals surface area contributed by atoms with E-state index in [1.165, 1.54) is 18.4 Å². The first-order chi connectivity index (χ1) is 9.55. The lowest BCUT2D eigenvalue weighted by atomic mass is 10.1. The van der Waals surface area contributed by atoms with E-state index in [9.17, 15) is 8.42 Å². The van der Waals surface area contributed by atoms with Crippen molar-refractivity contribution in [1.29, 1.82) is 0 Å². The fourth-order valence-corrected chi connectivity index (χ4v) is 3.37. The van der Waals surface area contributed by atoms with E-state index in [1.54, 1.807) is 0 Å². The number of rotatable bonds is 9. The fourth-order valence-electron chi connectivity index (χ4n) is 2.14. The lowest BCUT2D eigenvalue weighted by Crippen LogP contribution is -2.37. The van der Waals surface area contributed by atoms with E-state index in [2.05, 4.69) is 22.2 Å². The van der Waals surface area contributed by atoms with Crippen LogP contribution in [0.15, 0.2) is 30.3 Å². The minimum Gasteiger partial charge on any atom is -0.313 e. The van der Waals surface area contributed by atoms with Gasteiger partial charge in [-0.3, -0.25) is 0 Å². The Kier molecular flexibility index (Phi) is 5.57. The molecule has 0 heterocycles. The van der Waals surface area contributed by atoms with Crippen molar-refractivity contribution < 1.29 is 8.42 Å². The summed E-state index contributed by atoms with van der Waals surface area (Å²) in [5, 5.41) is 3.22. The monoisotopic (exact) mass is 296 g/mol. The van der Waals surface area contributed by atoms with Crippen molar-refractivity contribution in [3.05, 3.63) is 35.9 Å². The van der Waals surface area contributed by atoms with Crippen molar-refractivity contribution in [3.63, 3.8) is 0 Å². The Hall–Kier alpha value is -0.910. The van der Waals surface area contributed by atoms with E-state index in [0.29, 0.717) is 12.6 Å². The molecule has 2 rings (SSSR count). The van der Waals surface area contributed by atoms with Crippen LogP contribution in [0.3, 0.4) is 0 Å². The highest BCUT2D eigenvalue weighted by Gasteiger charge is 2.21. The van der Waals surface area contributed by atoms with Gasteiger partial charge in [0.05, 0.1) is 5.75 Å². The molecule has 0 bridgehead atoms. The molecule has 1 aromatic carbocycles. The van der Waals surface area contributed by atoms with Gasteiger partial charge >= 0.3 is 0 Å². The lowest BCUT2D eigenvalue weighted by Gasteiger charge is -2.14. The summed E-state index contributed by atoms with van der Waals surface area (Å²) in [5.74, 6) is 0.166. The zero-order valence-electron chi connectivity index (χ0n) is 12.0. The molecular weight excluding hydrogens is 272 g/mol. The van der Waals surface area contributed by atoms with Crippen LogP contribution in [-0.4, -0.2) is 32.8 Å². The van der Waals surface area contributed by atoms with E-state index < -0.39 is 10.0 Å². The van der Waals surface area contributed by atoms with E-state index >= 15 is 0 Å². The number of hydrogen-bond acceptors (Lipinski definition) is 3. The van der Waals surface area contributed by atoms with Crippen LogP contribution in [-0.2, 0) is 16.4 Å². The Morgan fingerprint density at radius 2 is 1.95 bits per heavy atom. The highest BCUT2D eigenvalue weighted by molar-refractivity contribution is 7.89. The summed E-state index contributed by atoms with van der Waals surface area (Å²) >= 11 is 0. The Morgan fingerprint density at radius 1 is 1.25 bits per heavy atom. The van der Waals surface area contributed by atoms with Gasteiger partial charge in [0.1, 0.15) is 0 Å². The van der Waals surface area contributed by atoms with Crippen molar-refractivity contribution in [1.82, 2.24) is 10.0 Å². The molecule has 5 heteroatoms. The van der Waals surface area contributed by atoms with Crippen LogP contribution in [0, 0.1) is 0 Å². The number of hydrogen-bond donors (Lipinski definition) is 2. The van der Waals surface area contributed by atoms with Crippen LogP contribution in [0.5, 0.6) is 0 Å². The predicted molar refractivity (Wildman–Crippen MR) is 82.2 cm³/mol. The van der Waals surface area contributed by atoms with Crippen molar-refractivity contribution in [2.24, 2.45) is 0 Å². The van der Waals surface area contributed by atoms with Gasteiger partial charge in [-0.15, -0.1) is 0 Å². The SMILES string of the molecule is CC(CCc1ccccc1)NS(=O)(=O)CCNC1CC1. The molecule has 1 atom stereocenters. The van der Waals surface area contributed by atoms with Gasteiger partial charge in [-0.05, 0) is 38.2 Å². The Bertz CT molecular complexity index is 498. The van der Waals surface area contributed by atoms with Gasteiger partial charge < -0.3 is 5.32 Å². The molecule has 0 spiro atoms. The summed E-state index contributed by atoms with van der Waals surface area (Å²) in [6.45, 7) is 2.47. The van der Waals surface area contributed by atoms with Gasteiger partial charge in [-0.25, -0.2) is 13.1 Å². The summed E-state index contributed by atoms with van der Waals surface area (Å²) in [6, 6.07) is 10.7. The van der Waals surface area contributed by atoms with Gasteiger partial charge in [-0.1, -0.05) is 30.3 Å². The average molecular weight is 296 g/mol. The molecule has 4 nitrogen and oxygen atoms in total. The molecule has 0 radical (unpaired) electrons. The van der Waals surface area contributed by atoms with E-state index in [4.69, 9.17) is 0 Å². The third-order valence-electron chi connectivity index (χ3n) is 3.47. The first kappa shape index (κ1) is 15.5. The van der Waals surface area contributed by atoms with E-state index in [-0.39, 0.29) is 11.8 Å². The number of sulfonamides is 1. The number of benzene rings is 1. The minimum atomic E-state index is -3.17. The quantitative estimate of drug-likeness (QED) is 0.729. The maximum Gasteiger partial charge on any atom is 0.213 e. The molecule has 0 saturated heterocycles. The standard InChI is InChI=1S/C15H24N2O2S/c1-13(7-8-14-5-3-2-4-6-14)17-20(18,19)12-11-16-15-9-10-15/h2-6,13,15-17H,7-12H2,1H3. The van der Waals surface area contributed by atoms with Gasteiger partial charge in [-0.2, -0.15) is 0 Å². The van der Waals surface area contributed by atoms with Gasteiger partial charge in [0.2, 0.25) is 10.0 Å². The molecule has 1 aliphatic carbocycles. The summed E-state index contributed by atoms with van der Waals surface area (Å²) in [5.41, 5.74) is 1.24. The van der Waals surface area contributed by atoms with Crippen molar-refractivity contribution in [2.45, 2.75) is 44.7 Å². The molecule has 1 aromatic rings. The Balaban J connectivity index is 1.67. The van der Waals surface area contributed by atoms with Crippen molar-refractivity contribution in [2.75, 3.05) is 12.3 Å². The summed E-state index contributed by atoms with van der Waals surface area (Å²) < 4.78 is 26.6. The molecule has 112 valence electrons. The Morgan fingerprint density at radius 3 is 2.60 bits per heavy atom. The molecule has 1 fully saturated rings. The molecule has 2 N–H and O–H groups in total. The summed E-state index contributed by atoms with van der Waals surface area (Å²) in [7, 11) is -3.17. The van der Waals surface area contributed by atoms with Crippen LogP contribution in [0.2, 0.25) is 0 Å². The molecule has 0 aliphatic heterocycles. The Labute approximate surface area is 122 Å². The zero-order chi connectivity index (χ0) is 14.4. The first-order valence-electron chi connectivity index (χ1n) is 7.32. The molecule has 0 amide bonds. The maximum absolute atomic E-state index is 11.9. The van der Waals surface area contributed by atoms with Gasteiger partial charge in [0.15, 0.2) is 0 Å². The van der Waals surface area contributed by atoms with Crippen LogP contribution in [0.25, 0.3) is 0 Å². The van der Waals surface area contributed by atoms with E-state index in [0.717, 1.165) is 12.8 Å². The summed E-state index contributed by atoms with van der Waals surface area (Å²) in [4.78, 5) is 0. The highest BCUT2D eigenvalue weighted by Crippen LogP contribution is 2.18. The predicted octanol–water partition coefficient (Wildman–Crippen LogP) is 1.68. The third kappa shape index (κ3) is 6.03. The molecule has 0 aromatic heterocycles. The molecule has 1 aliphatic rings. The fraction of sp³-hybridized carbons (Fsp3) is 0.600. The van der Waals surface area contributed by atoms with Crippen LogP contribution < -0.4 is 10.0 Å². The summed E-state index contributed by atoms with van der Waals surface area (Å²) in [6.07, 6.45) is 4.08. The number of nitrogens with one attached hydrogen (secondary N) is 2. The normalized spacial score (nSPS) is 17.1. The largest absolute Gasteiger partial charge is 0.313 e. The smallest absolute Gasteiger partial charge is 0.213 e. The first-order valence-corrected chi connectivity index (χ1v) is 8.98. The molecule has 20 heavy (non-hydrogen) atoms. The van der Waals surface area contributed by atoms with Crippen LogP contribution >= 0.6 is 0 Å². The second kappa shape index (κ2) is 7.20. The van der Waals surface area contributed by atoms with Gasteiger partial charge in [0, 0.05) is 18.6 Å². The average Bonchev–Trinajstić information content (AvgIpc) is 3.21.